The molecular weight excluding hydrogens is 238 g/mol. The largest absolute Gasteiger partial charge is 0.299 e. The zero-order valence-corrected chi connectivity index (χ0v) is 8.93. The van der Waals surface area contributed by atoms with Crippen molar-refractivity contribution >= 4 is 10.1 Å². The summed E-state index contributed by atoms with van der Waals surface area (Å²) >= 11 is 0. The summed E-state index contributed by atoms with van der Waals surface area (Å²) in [5, 5.41) is 0. The molecule has 0 saturated carbocycles. The van der Waals surface area contributed by atoms with Crippen molar-refractivity contribution in [2.45, 2.75) is 11.3 Å². The Hall–Kier alpha value is -1.45. The molecule has 86 valence electrons. The fourth-order valence-corrected chi connectivity index (χ4v) is 1.91. The maximum atomic E-state index is 13.1. The zero-order chi connectivity index (χ0) is 12.2. The van der Waals surface area contributed by atoms with E-state index in [0.717, 1.165) is 12.1 Å². The predicted molar refractivity (Wildman–Crippen MR) is 52.9 cm³/mol. The third-order valence-electron chi connectivity index (χ3n) is 1.65. The Morgan fingerprint density at radius 3 is 2.62 bits per heavy atom. The van der Waals surface area contributed by atoms with E-state index in [4.69, 9.17) is 6.42 Å². The molecule has 0 aliphatic rings. The molecule has 0 spiro atoms. The molecule has 6 heteroatoms. The Bertz CT molecular complexity index is 517. The molecule has 0 aliphatic heterocycles. The van der Waals surface area contributed by atoms with E-state index in [0.29, 0.717) is 6.07 Å². The van der Waals surface area contributed by atoms with Crippen LogP contribution in [0.15, 0.2) is 23.1 Å². The van der Waals surface area contributed by atoms with Gasteiger partial charge >= 0.3 is 0 Å². The smallest absolute Gasteiger partial charge is 0.265 e. The van der Waals surface area contributed by atoms with Crippen molar-refractivity contribution in [3.8, 4) is 12.3 Å². The molecule has 0 unspecified atom stereocenters. The fraction of sp³-hybridized carbons (Fsp3) is 0.200. The van der Waals surface area contributed by atoms with Gasteiger partial charge in [-0.05, 0) is 12.1 Å². The van der Waals surface area contributed by atoms with Crippen LogP contribution in [-0.2, 0) is 14.3 Å². The van der Waals surface area contributed by atoms with E-state index in [1.54, 1.807) is 0 Å². The molecular formula is C10H8F2O3S. The molecule has 1 aromatic rings. The van der Waals surface area contributed by atoms with Gasteiger partial charge in [0.15, 0.2) is 0 Å². The summed E-state index contributed by atoms with van der Waals surface area (Å²) in [7, 11) is -4.22. The number of benzene rings is 1. The van der Waals surface area contributed by atoms with Crippen LogP contribution in [0.25, 0.3) is 0 Å². The summed E-state index contributed by atoms with van der Waals surface area (Å²) < 4.78 is 52.9. The van der Waals surface area contributed by atoms with E-state index in [9.17, 15) is 17.2 Å². The number of hydrogen-bond acceptors (Lipinski definition) is 3. The number of terminal acetylenes is 1. The van der Waals surface area contributed by atoms with Gasteiger partial charge in [0.25, 0.3) is 10.1 Å². The number of rotatable bonds is 4. The zero-order valence-electron chi connectivity index (χ0n) is 8.11. The van der Waals surface area contributed by atoms with Crippen molar-refractivity contribution in [2.75, 3.05) is 6.61 Å². The molecule has 0 radical (unpaired) electrons. The van der Waals surface area contributed by atoms with Crippen molar-refractivity contribution < 1.29 is 21.4 Å². The van der Waals surface area contributed by atoms with Crippen LogP contribution in [0.2, 0.25) is 0 Å². The fourth-order valence-electron chi connectivity index (χ4n) is 0.952. The number of halogens is 2. The normalized spacial score (nSPS) is 11.1. The van der Waals surface area contributed by atoms with E-state index in [1.807, 2.05) is 0 Å². The maximum Gasteiger partial charge on any atom is 0.299 e. The minimum atomic E-state index is -4.22. The molecule has 0 bridgehead atoms. The van der Waals surface area contributed by atoms with Crippen LogP contribution in [0.3, 0.4) is 0 Å². The lowest BCUT2D eigenvalue weighted by Gasteiger charge is -2.04. The first-order chi connectivity index (χ1) is 7.47. The molecule has 1 rings (SSSR count). The van der Waals surface area contributed by atoms with Crippen LogP contribution < -0.4 is 0 Å². The Balaban J connectivity index is 2.95. The molecule has 1 aromatic carbocycles. The van der Waals surface area contributed by atoms with Crippen LogP contribution in [0, 0.1) is 24.0 Å². The van der Waals surface area contributed by atoms with E-state index in [1.165, 1.54) is 0 Å². The van der Waals surface area contributed by atoms with Crippen molar-refractivity contribution in [1.82, 2.24) is 0 Å². The van der Waals surface area contributed by atoms with Gasteiger partial charge in [0.05, 0.1) is 6.61 Å². The Labute approximate surface area is 92.2 Å². The highest BCUT2D eigenvalue weighted by Gasteiger charge is 2.20. The summed E-state index contributed by atoms with van der Waals surface area (Å²) in [6.45, 7) is -0.240. The van der Waals surface area contributed by atoms with Crippen LogP contribution in [0.1, 0.15) is 6.42 Å². The molecule has 0 aromatic heterocycles. The van der Waals surface area contributed by atoms with Gasteiger partial charge in [-0.1, -0.05) is 0 Å². The highest BCUT2D eigenvalue weighted by atomic mass is 32.2. The summed E-state index contributed by atoms with van der Waals surface area (Å²) in [5.41, 5.74) is 0. The molecule has 16 heavy (non-hydrogen) atoms. The first kappa shape index (κ1) is 12.6. The van der Waals surface area contributed by atoms with Gasteiger partial charge in [0.1, 0.15) is 16.5 Å². The molecule has 0 atom stereocenters. The maximum absolute atomic E-state index is 13.1. The van der Waals surface area contributed by atoms with Gasteiger partial charge in [0.2, 0.25) is 0 Å². The summed E-state index contributed by atoms with van der Waals surface area (Å²) in [5.74, 6) is 0.117. The average molecular weight is 246 g/mol. The summed E-state index contributed by atoms with van der Waals surface area (Å²) in [4.78, 5) is -0.703. The minimum Gasteiger partial charge on any atom is -0.265 e. The first-order valence-corrected chi connectivity index (χ1v) is 5.66. The van der Waals surface area contributed by atoms with E-state index in [-0.39, 0.29) is 13.0 Å². The third-order valence-corrected chi connectivity index (χ3v) is 2.99. The van der Waals surface area contributed by atoms with Crippen molar-refractivity contribution in [3.63, 3.8) is 0 Å². The van der Waals surface area contributed by atoms with Gasteiger partial charge < -0.3 is 0 Å². The monoisotopic (exact) mass is 246 g/mol. The molecule has 0 fully saturated rings. The van der Waals surface area contributed by atoms with Crippen molar-refractivity contribution in [3.05, 3.63) is 29.8 Å². The van der Waals surface area contributed by atoms with Crippen LogP contribution in [0.5, 0.6) is 0 Å². The SMILES string of the molecule is C#CCCOS(=O)(=O)c1ccc(F)cc1F. The van der Waals surface area contributed by atoms with E-state index >= 15 is 0 Å². The average Bonchev–Trinajstić information content (AvgIpc) is 2.17. The van der Waals surface area contributed by atoms with Gasteiger partial charge in [-0.2, -0.15) is 8.42 Å². The lowest BCUT2D eigenvalue weighted by molar-refractivity contribution is 0.324. The van der Waals surface area contributed by atoms with Gasteiger partial charge in [0, 0.05) is 12.5 Å². The molecule has 0 saturated heterocycles. The second kappa shape index (κ2) is 5.05. The van der Waals surface area contributed by atoms with Crippen LogP contribution >= 0.6 is 0 Å². The lowest BCUT2D eigenvalue weighted by atomic mass is 10.3. The minimum absolute atomic E-state index is 0.0854. The third kappa shape index (κ3) is 3.02. The standard InChI is InChI=1S/C10H8F2O3S/c1-2-3-6-15-16(13,14)10-5-4-8(11)7-9(10)12/h1,4-5,7H,3,6H2. The predicted octanol–water partition coefficient (Wildman–Crippen LogP) is 1.69. The lowest BCUT2D eigenvalue weighted by Crippen LogP contribution is -2.09. The summed E-state index contributed by atoms with van der Waals surface area (Å²) in [6, 6.07) is 2.10. The topological polar surface area (TPSA) is 43.4 Å². The second-order valence-corrected chi connectivity index (χ2v) is 4.39. The Kier molecular flexibility index (Phi) is 3.99. The van der Waals surface area contributed by atoms with Crippen molar-refractivity contribution in [1.29, 1.82) is 0 Å². The van der Waals surface area contributed by atoms with Gasteiger partial charge in [-0.3, -0.25) is 4.18 Å². The highest BCUT2D eigenvalue weighted by Crippen LogP contribution is 2.17. The van der Waals surface area contributed by atoms with Gasteiger partial charge in [-0.15, -0.1) is 12.3 Å². The Morgan fingerprint density at radius 1 is 1.38 bits per heavy atom. The molecule has 0 aliphatic carbocycles. The van der Waals surface area contributed by atoms with Crippen molar-refractivity contribution in [2.24, 2.45) is 0 Å². The van der Waals surface area contributed by atoms with Crippen LogP contribution in [-0.4, -0.2) is 15.0 Å². The van der Waals surface area contributed by atoms with E-state index < -0.39 is 26.6 Å². The quantitative estimate of drug-likeness (QED) is 0.461. The van der Waals surface area contributed by atoms with Gasteiger partial charge in [-0.25, -0.2) is 8.78 Å². The molecule has 3 nitrogen and oxygen atoms in total. The van der Waals surface area contributed by atoms with E-state index in [2.05, 4.69) is 10.1 Å². The Morgan fingerprint density at radius 2 is 2.06 bits per heavy atom. The summed E-state index contributed by atoms with van der Waals surface area (Å²) in [6.07, 6.45) is 4.98. The highest BCUT2D eigenvalue weighted by molar-refractivity contribution is 7.86. The molecule has 0 amide bonds. The molecule has 0 N–H and O–H groups in total. The molecule has 0 heterocycles. The second-order valence-electron chi connectivity index (χ2n) is 2.80. The number of hydrogen-bond donors (Lipinski definition) is 0. The van der Waals surface area contributed by atoms with Crippen LogP contribution in [0.4, 0.5) is 8.78 Å². The first-order valence-electron chi connectivity index (χ1n) is 4.25.